The lowest BCUT2D eigenvalue weighted by molar-refractivity contribution is -0.121. The molecule has 0 unspecified atom stereocenters. The number of aryl methyl sites for hydroxylation is 1. The third-order valence-electron chi connectivity index (χ3n) is 3.48. The number of rotatable bonds is 6. The van der Waals surface area contributed by atoms with Gasteiger partial charge in [-0.05, 0) is 36.2 Å². The van der Waals surface area contributed by atoms with Crippen LogP contribution in [-0.4, -0.2) is 15.9 Å². The van der Waals surface area contributed by atoms with E-state index in [0.29, 0.717) is 24.4 Å². The van der Waals surface area contributed by atoms with Crippen LogP contribution in [0.3, 0.4) is 0 Å². The van der Waals surface area contributed by atoms with Gasteiger partial charge in [-0.3, -0.25) is 9.78 Å². The molecule has 0 aliphatic rings. The number of thiazole rings is 1. The van der Waals surface area contributed by atoms with Crippen molar-refractivity contribution in [2.75, 3.05) is 0 Å². The van der Waals surface area contributed by atoms with Crippen molar-refractivity contribution in [2.24, 2.45) is 0 Å². The van der Waals surface area contributed by atoms with Crippen molar-refractivity contribution >= 4 is 28.8 Å². The van der Waals surface area contributed by atoms with Gasteiger partial charge >= 0.3 is 0 Å². The van der Waals surface area contributed by atoms with Crippen molar-refractivity contribution in [1.29, 1.82) is 0 Å². The Morgan fingerprint density at radius 1 is 1.21 bits per heavy atom. The lowest BCUT2D eigenvalue weighted by atomic mass is 10.1. The Labute approximate surface area is 149 Å². The fourth-order valence-corrected chi connectivity index (χ4v) is 3.13. The van der Waals surface area contributed by atoms with E-state index in [4.69, 9.17) is 11.6 Å². The molecule has 1 amide bonds. The van der Waals surface area contributed by atoms with Crippen LogP contribution in [-0.2, 0) is 17.8 Å². The van der Waals surface area contributed by atoms with Crippen LogP contribution in [0.4, 0.5) is 0 Å². The zero-order chi connectivity index (χ0) is 16.8. The SMILES string of the molecule is O=C(CCc1ccc(Cl)cc1)NCc1csc(-c2cccnc2)n1. The summed E-state index contributed by atoms with van der Waals surface area (Å²) in [4.78, 5) is 20.6. The summed E-state index contributed by atoms with van der Waals surface area (Å²) in [7, 11) is 0. The highest BCUT2D eigenvalue weighted by Crippen LogP contribution is 2.22. The number of aromatic nitrogens is 2. The molecule has 0 saturated carbocycles. The van der Waals surface area contributed by atoms with Crippen molar-refractivity contribution < 1.29 is 4.79 Å². The van der Waals surface area contributed by atoms with Crippen molar-refractivity contribution in [3.63, 3.8) is 0 Å². The second kappa shape index (κ2) is 8.04. The fraction of sp³-hybridized carbons (Fsp3) is 0.167. The summed E-state index contributed by atoms with van der Waals surface area (Å²) in [5.41, 5.74) is 2.95. The number of hydrogen-bond donors (Lipinski definition) is 1. The average molecular weight is 358 g/mol. The largest absolute Gasteiger partial charge is 0.350 e. The van der Waals surface area contributed by atoms with Crippen LogP contribution in [0.5, 0.6) is 0 Å². The molecule has 122 valence electrons. The van der Waals surface area contributed by atoms with Crippen LogP contribution in [0.2, 0.25) is 5.02 Å². The molecule has 24 heavy (non-hydrogen) atoms. The van der Waals surface area contributed by atoms with Gasteiger partial charge in [-0.25, -0.2) is 4.98 Å². The van der Waals surface area contributed by atoms with Crippen molar-refractivity contribution in [1.82, 2.24) is 15.3 Å². The van der Waals surface area contributed by atoms with Crippen LogP contribution in [0.25, 0.3) is 10.6 Å². The molecule has 2 aromatic heterocycles. The summed E-state index contributed by atoms with van der Waals surface area (Å²) in [5.74, 6) is 0.0147. The van der Waals surface area contributed by atoms with Crippen LogP contribution in [0, 0.1) is 0 Å². The highest BCUT2D eigenvalue weighted by molar-refractivity contribution is 7.13. The molecule has 6 heteroatoms. The first-order valence-corrected chi connectivity index (χ1v) is 8.82. The summed E-state index contributed by atoms with van der Waals surface area (Å²) in [6.45, 7) is 0.441. The minimum absolute atomic E-state index is 0.0147. The molecular formula is C18H16ClN3OS. The molecule has 2 heterocycles. The maximum absolute atomic E-state index is 12.0. The minimum atomic E-state index is 0.0147. The molecule has 3 aromatic rings. The van der Waals surface area contributed by atoms with E-state index in [-0.39, 0.29) is 5.91 Å². The molecule has 3 rings (SSSR count). The molecule has 0 saturated heterocycles. The Balaban J connectivity index is 1.48. The van der Waals surface area contributed by atoms with Gasteiger partial charge in [-0.15, -0.1) is 11.3 Å². The first-order valence-electron chi connectivity index (χ1n) is 7.56. The van der Waals surface area contributed by atoms with E-state index >= 15 is 0 Å². The van der Waals surface area contributed by atoms with Crippen LogP contribution < -0.4 is 5.32 Å². The summed E-state index contributed by atoms with van der Waals surface area (Å²) in [6, 6.07) is 11.4. The molecule has 1 N–H and O–H groups in total. The van der Waals surface area contributed by atoms with Gasteiger partial charge in [0.2, 0.25) is 5.91 Å². The number of benzene rings is 1. The molecule has 0 atom stereocenters. The minimum Gasteiger partial charge on any atom is -0.350 e. The fourth-order valence-electron chi connectivity index (χ4n) is 2.20. The molecule has 0 aliphatic carbocycles. The van der Waals surface area contributed by atoms with Gasteiger partial charge < -0.3 is 5.32 Å². The second-order valence-corrected chi connectivity index (χ2v) is 6.58. The molecule has 0 fully saturated rings. The Morgan fingerprint density at radius 2 is 2.04 bits per heavy atom. The highest BCUT2D eigenvalue weighted by atomic mass is 35.5. The molecule has 4 nitrogen and oxygen atoms in total. The standard InChI is InChI=1S/C18H16ClN3OS/c19-15-6-3-13(4-7-15)5-8-17(23)21-11-16-12-24-18(22-16)14-2-1-9-20-10-14/h1-4,6-7,9-10,12H,5,8,11H2,(H,21,23). The summed E-state index contributed by atoms with van der Waals surface area (Å²) in [6.07, 6.45) is 4.66. The zero-order valence-electron chi connectivity index (χ0n) is 12.9. The van der Waals surface area contributed by atoms with E-state index in [1.165, 1.54) is 0 Å². The molecule has 0 bridgehead atoms. The number of carbonyl (C=O) groups is 1. The normalized spacial score (nSPS) is 10.5. The first kappa shape index (κ1) is 16.6. The van der Waals surface area contributed by atoms with E-state index in [1.54, 1.807) is 23.7 Å². The smallest absolute Gasteiger partial charge is 0.220 e. The summed E-state index contributed by atoms with van der Waals surface area (Å²) < 4.78 is 0. The monoisotopic (exact) mass is 357 g/mol. The van der Waals surface area contributed by atoms with E-state index in [2.05, 4.69) is 15.3 Å². The first-order chi connectivity index (χ1) is 11.7. The van der Waals surface area contributed by atoms with E-state index in [1.807, 2.05) is 41.8 Å². The maximum atomic E-state index is 12.0. The maximum Gasteiger partial charge on any atom is 0.220 e. The zero-order valence-corrected chi connectivity index (χ0v) is 14.5. The van der Waals surface area contributed by atoms with Gasteiger partial charge in [-0.1, -0.05) is 23.7 Å². The van der Waals surface area contributed by atoms with Gasteiger partial charge in [0, 0.05) is 34.8 Å². The van der Waals surface area contributed by atoms with Crippen LogP contribution in [0.1, 0.15) is 17.7 Å². The number of nitrogens with one attached hydrogen (secondary N) is 1. The van der Waals surface area contributed by atoms with Crippen molar-refractivity contribution in [2.45, 2.75) is 19.4 Å². The predicted molar refractivity (Wildman–Crippen MR) is 97.0 cm³/mol. The molecule has 0 radical (unpaired) electrons. The predicted octanol–water partition coefficient (Wildman–Crippen LogP) is 4.11. The third-order valence-corrected chi connectivity index (χ3v) is 4.67. The van der Waals surface area contributed by atoms with Gasteiger partial charge in [0.15, 0.2) is 0 Å². The number of nitrogens with zero attached hydrogens (tertiary/aromatic N) is 2. The summed E-state index contributed by atoms with van der Waals surface area (Å²) >= 11 is 7.40. The molecule has 1 aromatic carbocycles. The molecule has 0 spiro atoms. The number of hydrogen-bond acceptors (Lipinski definition) is 4. The van der Waals surface area contributed by atoms with Crippen molar-refractivity contribution in [3.8, 4) is 10.6 Å². The Bertz CT molecular complexity index is 803. The highest BCUT2D eigenvalue weighted by Gasteiger charge is 2.07. The number of pyridine rings is 1. The Morgan fingerprint density at radius 3 is 2.79 bits per heavy atom. The topological polar surface area (TPSA) is 54.9 Å². The van der Waals surface area contributed by atoms with Gasteiger partial charge in [0.1, 0.15) is 5.01 Å². The Hall–Kier alpha value is -2.24. The molecule has 0 aliphatic heterocycles. The quantitative estimate of drug-likeness (QED) is 0.722. The van der Waals surface area contributed by atoms with Gasteiger partial charge in [0.25, 0.3) is 0 Å². The molecular weight excluding hydrogens is 342 g/mol. The van der Waals surface area contributed by atoms with E-state index in [0.717, 1.165) is 21.8 Å². The number of amides is 1. The third kappa shape index (κ3) is 4.63. The Kier molecular flexibility index (Phi) is 5.56. The lowest BCUT2D eigenvalue weighted by Gasteiger charge is -2.04. The lowest BCUT2D eigenvalue weighted by Crippen LogP contribution is -2.23. The van der Waals surface area contributed by atoms with Crippen LogP contribution in [0.15, 0.2) is 54.2 Å². The van der Waals surface area contributed by atoms with Gasteiger partial charge in [0.05, 0.1) is 12.2 Å². The summed E-state index contributed by atoms with van der Waals surface area (Å²) in [5, 5.41) is 6.48. The second-order valence-electron chi connectivity index (χ2n) is 5.29. The number of halogens is 1. The number of carbonyl (C=O) groups excluding carboxylic acids is 1. The van der Waals surface area contributed by atoms with E-state index < -0.39 is 0 Å². The van der Waals surface area contributed by atoms with Gasteiger partial charge in [-0.2, -0.15) is 0 Å². The van der Waals surface area contributed by atoms with Crippen molar-refractivity contribution in [3.05, 3.63) is 70.5 Å². The van der Waals surface area contributed by atoms with E-state index in [9.17, 15) is 4.79 Å². The average Bonchev–Trinajstić information content (AvgIpc) is 3.09. The van der Waals surface area contributed by atoms with Crippen LogP contribution >= 0.6 is 22.9 Å².